The maximum absolute atomic E-state index is 11.0. The van der Waals surface area contributed by atoms with Gasteiger partial charge in [-0.2, -0.15) is 0 Å². The Morgan fingerprint density at radius 2 is 1.80 bits per heavy atom. The highest BCUT2D eigenvalue weighted by Gasteiger charge is 2.23. The van der Waals surface area contributed by atoms with Crippen molar-refractivity contribution >= 4 is 21.6 Å². The van der Waals surface area contributed by atoms with Crippen molar-refractivity contribution in [3.05, 3.63) is 53.0 Å². The second kappa shape index (κ2) is 10.2. The summed E-state index contributed by atoms with van der Waals surface area (Å²) in [5.41, 5.74) is 2.15. The molecule has 4 rings (SSSR count). The third-order valence-corrected chi connectivity index (χ3v) is 6.79. The maximum Gasteiger partial charge on any atom is 0.231 e. The van der Waals surface area contributed by atoms with E-state index in [1.54, 1.807) is 11.3 Å². The van der Waals surface area contributed by atoms with Gasteiger partial charge in [0.1, 0.15) is 0 Å². The lowest BCUT2D eigenvalue weighted by Gasteiger charge is -2.24. The third kappa shape index (κ3) is 5.12. The smallest absolute Gasteiger partial charge is 0.231 e. The number of aryl methyl sites for hydroxylation is 1. The number of aliphatic hydroxyl groups excluding tert-OH is 2. The number of nitrogens with zero attached hydrogens (tertiary/aromatic N) is 1. The molecule has 30 heavy (non-hydrogen) atoms. The highest BCUT2D eigenvalue weighted by molar-refractivity contribution is 7.18. The monoisotopic (exact) mass is 427 g/mol. The van der Waals surface area contributed by atoms with Crippen LogP contribution in [0.15, 0.2) is 42.5 Å². The van der Waals surface area contributed by atoms with Gasteiger partial charge in [0.25, 0.3) is 0 Å². The normalized spacial score (nSPS) is 14.9. The van der Waals surface area contributed by atoms with Crippen LogP contribution in [0, 0.1) is 0 Å². The molecule has 0 saturated carbocycles. The summed E-state index contributed by atoms with van der Waals surface area (Å²) in [7, 11) is 0. The molecule has 2 unspecified atom stereocenters. The predicted octanol–water partition coefficient (Wildman–Crippen LogP) is 5.05. The zero-order valence-corrected chi connectivity index (χ0v) is 17.9. The number of aromatic nitrogens is 1. The number of rotatable bonds is 11. The number of hydrogen-bond donors (Lipinski definition) is 2. The number of benzene rings is 2. The fourth-order valence-electron chi connectivity index (χ4n) is 4.06. The molecule has 0 aliphatic carbocycles. The second-order valence-corrected chi connectivity index (χ2v) is 8.94. The minimum absolute atomic E-state index is 0.0356. The molecule has 0 amide bonds. The lowest BCUT2D eigenvalue weighted by atomic mass is 9.86. The summed E-state index contributed by atoms with van der Waals surface area (Å²) in [6, 6.07) is 14.2. The second-order valence-electron chi connectivity index (χ2n) is 7.83. The van der Waals surface area contributed by atoms with E-state index in [9.17, 15) is 5.11 Å². The van der Waals surface area contributed by atoms with Gasteiger partial charge in [0, 0.05) is 12.5 Å². The molecule has 5 nitrogen and oxygen atoms in total. The van der Waals surface area contributed by atoms with Gasteiger partial charge in [-0.05, 0) is 61.9 Å². The Morgan fingerprint density at radius 1 is 0.967 bits per heavy atom. The Morgan fingerprint density at radius 3 is 2.67 bits per heavy atom. The predicted molar refractivity (Wildman–Crippen MR) is 119 cm³/mol. The van der Waals surface area contributed by atoms with Gasteiger partial charge in [-0.3, -0.25) is 0 Å². The fourth-order valence-corrected chi connectivity index (χ4v) is 5.07. The van der Waals surface area contributed by atoms with Crippen molar-refractivity contribution in [3.8, 4) is 11.5 Å². The molecule has 160 valence electrons. The lowest BCUT2D eigenvalue weighted by Crippen LogP contribution is -2.19. The van der Waals surface area contributed by atoms with E-state index in [-0.39, 0.29) is 19.3 Å². The molecule has 6 heteroatoms. The number of fused-ring (bicyclic) bond motifs is 2. The van der Waals surface area contributed by atoms with Gasteiger partial charge in [-0.25, -0.2) is 4.98 Å². The average Bonchev–Trinajstić information content (AvgIpc) is 3.40. The van der Waals surface area contributed by atoms with E-state index in [2.05, 4.69) is 12.1 Å². The molecule has 2 aromatic carbocycles. The van der Waals surface area contributed by atoms with Gasteiger partial charge in [0.05, 0.1) is 21.3 Å². The van der Waals surface area contributed by atoms with E-state index in [0.717, 1.165) is 67.5 Å². The molecular weight excluding hydrogens is 398 g/mol. The van der Waals surface area contributed by atoms with E-state index in [1.165, 1.54) is 9.71 Å². The minimum atomic E-state index is -0.417. The molecule has 1 aliphatic heterocycles. The molecular formula is C24H29NO4S. The summed E-state index contributed by atoms with van der Waals surface area (Å²) in [5, 5.41) is 21.3. The lowest BCUT2D eigenvalue weighted by molar-refractivity contribution is 0.123. The van der Waals surface area contributed by atoms with Crippen LogP contribution in [0.2, 0.25) is 0 Å². The molecule has 1 aliphatic rings. The van der Waals surface area contributed by atoms with Gasteiger partial charge < -0.3 is 19.7 Å². The van der Waals surface area contributed by atoms with E-state index in [1.807, 2.05) is 30.3 Å². The van der Waals surface area contributed by atoms with Gasteiger partial charge >= 0.3 is 0 Å². The van der Waals surface area contributed by atoms with Crippen LogP contribution in [-0.2, 0) is 6.42 Å². The zero-order chi connectivity index (χ0) is 20.8. The molecule has 0 saturated heterocycles. The molecule has 2 atom stereocenters. The number of ether oxygens (including phenoxy) is 2. The quantitative estimate of drug-likeness (QED) is 0.419. The van der Waals surface area contributed by atoms with E-state index in [4.69, 9.17) is 19.6 Å². The first kappa shape index (κ1) is 21.1. The molecule has 3 aromatic rings. The van der Waals surface area contributed by atoms with Gasteiger partial charge in [0.15, 0.2) is 11.5 Å². The summed E-state index contributed by atoms with van der Waals surface area (Å²) in [4.78, 5) is 4.70. The summed E-state index contributed by atoms with van der Waals surface area (Å²) in [6.07, 6.45) is 5.75. The van der Waals surface area contributed by atoms with Crippen LogP contribution in [0.4, 0.5) is 0 Å². The van der Waals surface area contributed by atoms with Crippen LogP contribution in [0.3, 0.4) is 0 Å². The number of hydrogen-bond acceptors (Lipinski definition) is 6. The van der Waals surface area contributed by atoms with Crippen molar-refractivity contribution in [1.82, 2.24) is 4.98 Å². The van der Waals surface area contributed by atoms with Crippen molar-refractivity contribution in [3.63, 3.8) is 0 Å². The van der Waals surface area contributed by atoms with Gasteiger partial charge in [-0.15, -0.1) is 11.3 Å². The van der Waals surface area contributed by atoms with E-state index >= 15 is 0 Å². The Labute approximate surface area is 181 Å². The number of unbranched alkanes of at least 4 members (excludes halogenated alkanes) is 2. The highest BCUT2D eigenvalue weighted by atomic mass is 32.1. The molecule has 2 N–H and O–H groups in total. The van der Waals surface area contributed by atoms with Crippen LogP contribution in [-0.4, -0.2) is 34.7 Å². The van der Waals surface area contributed by atoms with Crippen LogP contribution in [0.5, 0.6) is 11.5 Å². The highest BCUT2D eigenvalue weighted by Crippen LogP contribution is 2.37. The SMILES string of the molecule is OCCCCC(c1ccc2c(c1)OCO2)C(O)CCCCc1nc2ccccc2s1. The molecule has 0 fully saturated rings. The van der Waals surface area contributed by atoms with Crippen molar-refractivity contribution < 1.29 is 19.7 Å². The topological polar surface area (TPSA) is 71.8 Å². The minimum Gasteiger partial charge on any atom is -0.454 e. The van der Waals surface area contributed by atoms with Gasteiger partial charge in [0.2, 0.25) is 6.79 Å². The first-order chi connectivity index (χ1) is 14.7. The van der Waals surface area contributed by atoms with E-state index < -0.39 is 6.10 Å². The average molecular weight is 428 g/mol. The molecule has 0 spiro atoms. The number of thiazole rings is 1. The number of aliphatic hydroxyl groups is 2. The summed E-state index contributed by atoms with van der Waals surface area (Å²) in [5.74, 6) is 1.55. The van der Waals surface area contributed by atoms with Crippen LogP contribution >= 0.6 is 11.3 Å². The Balaban J connectivity index is 1.33. The third-order valence-electron chi connectivity index (χ3n) is 5.69. The van der Waals surface area contributed by atoms with Gasteiger partial charge in [-0.1, -0.05) is 31.0 Å². The van der Waals surface area contributed by atoms with Crippen molar-refractivity contribution in [2.24, 2.45) is 0 Å². The molecule has 2 heterocycles. The largest absolute Gasteiger partial charge is 0.454 e. The molecule has 0 radical (unpaired) electrons. The van der Waals surface area contributed by atoms with Crippen molar-refractivity contribution in [2.75, 3.05) is 13.4 Å². The Bertz CT molecular complexity index is 924. The summed E-state index contributed by atoms with van der Waals surface area (Å²) < 4.78 is 12.2. The van der Waals surface area contributed by atoms with Crippen molar-refractivity contribution in [2.45, 2.75) is 57.0 Å². The first-order valence-electron chi connectivity index (χ1n) is 10.8. The summed E-state index contributed by atoms with van der Waals surface area (Å²) >= 11 is 1.76. The standard InChI is InChI=1S/C24H29NO4S/c26-14-6-5-7-18(17-12-13-21-22(15-17)29-16-28-21)20(27)9-2-4-11-24-25-19-8-1-3-10-23(19)30-24/h1,3,8,10,12-13,15,18,20,26-27H,2,4-7,9,11,14,16H2. The van der Waals surface area contributed by atoms with E-state index in [0.29, 0.717) is 0 Å². The first-order valence-corrected chi connectivity index (χ1v) is 11.6. The molecule has 1 aromatic heterocycles. The van der Waals surface area contributed by atoms with Crippen molar-refractivity contribution in [1.29, 1.82) is 0 Å². The Hall–Kier alpha value is -2.15. The van der Waals surface area contributed by atoms with Crippen LogP contribution in [0.25, 0.3) is 10.2 Å². The molecule has 0 bridgehead atoms. The maximum atomic E-state index is 11.0. The number of para-hydroxylation sites is 1. The zero-order valence-electron chi connectivity index (χ0n) is 17.1. The summed E-state index contributed by atoms with van der Waals surface area (Å²) in [6.45, 7) is 0.439. The Kier molecular flexibility index (Phi) is 7.20. The fraction of sp³-hybridized carbons (Fsp3) is 0.458. The van der Waals surface area contributed by atoms with Crippen LogP contribution < -0.4 is 9.47 Å². The van der Waals surface area contributed by atoms with Crippen LogP contribution in [0.1, 0.15) is 55.0 Å².